The number of imidazole rings is 1. The Labute approximate surface area is 161 Å². The summed E-state index contributed by atoms with van der Waals surface area (Å²) in [4.78, 5) is 12.8. The standard InChI is InChI=1S/C19H17AsN7/c1-10-5-16(26-25-10)20-19-24-15(8-17-23-11(2)9-27(17)19)13-6-12-3-4-22-18(12)14(21)7-13/h3-9,22H,21H2,1-2H3,(H,25,26). The van der Waals surface area contributed by atoms with Crippen molar-refractivity contribution in [1.82, 2.24) is 29.5 Å². The van der Waals surface area contributed by atoms with Gasteiger partial charge in [-0.2, -0.15) is 0 Å². The molecule has 0 unspecified atom stereocenters. The molecule has 0 aliphatic rings. The molecule has 133 valence electrons. The predicted molar refractivity (Wildman–Crippen MR) is 108 cm³/mol. The number of rotatable bonds is 3. The van der Waals surface area contributed by atoms with E-state index in [1.165, 1.54) is 0 Å². The Balaban J connectivity index is 1.69. The minimum atomic E-state index is -0.377. The maximum atomic E-state index is 6.23. The van der Waals surface area contributed by atoms with Gasteiger partial charge in [-0.15, -0.1) is 0 Å². The van der Waals surface area contributed by atoms with Crippen molar-refractivity contribution in [3.63, 3.8) is 0 Å². The van der Waals surface area contributed by atoms with Gasteiger partial charge in [0, 0.05) is 0 Å². The fourth-order valence-corrected chi connectivity index (χ4v) is 5.31. The second-order valence-corrected chi connectivity index (χ2v) is 8.85. The van der Waals surface area contributed by atoms with E-state index >= 15 is 0 Å². The summed E-state index contributed by atoms with van der Waals surface area (Å²) < 4.78 is 4.10. The van der Waals surface area contributed by atoms with E-state index in [0.717, 1.165) is 48.3 Å². The Morgan fingerprint density at radius 2 is 2.00 bits per heavy atom. The molecule has 5 rings (SSSR count). The van der Waals surface area contributed by atoms with E-state index in [1.807, 2.05) is 44.4 Å². The van der Waals surface area contributed by atoms with Gasteiger partial charge in [0.2, 0.25) is 0 Å². The van der Waals surface area contributed by atoms with E-state index in [2.05, 4.69) is 36.7 Å². The van der Waals surface area contributed by atoms with Crippen LogP contribution in [0.2, 0.25) is 0 Å². The summed E-state index contributed by atoms with van der Waals surface area (Å²) in [5.41, 5.74) is 12.7. The number of nitrogens with zero attached hydrogens (tertiary/aromatic N) is 4. The Kier molecular flexibility index (Phi) is 3.58. The molecule has 0 amide bonds. The topological polar surface area (TPSA) is 101 Å². The number of nitrogen functional groups attached to an aromatic ring is 1. The van der Waals surface area contributed by atoms with Gasteiger partial charge in [-0.25, -0.2) is 0 Å². The fraction of sp³-hybridized carbons (Fsp3) is 0.105. The van der Waals surface area contributed by atoms with Crippen molar-refractivity contribution < 1.29 is 0 Å². The molecule has 4 heterocycles. The number of fused-ring (bicyclic) bond motifs is 2. The molecule has 27 heavy (non-hydrogen) atoms. The van der Waals surface area contributed by atoms with Gasteiger partial charge >= 0.3 is 162 Å². The molecule has 0 saturated carbocycles. The van der Waals surface area contributed by atoms with Gasteiger partial charge in [0.25, 0.3) is 0 Å². The van der Waals surface area contributed by atoms with E-state index in [0.29, 0.717) is 5.69 Å². The van der Waals surface area contributed by atoms with Crippen molar-refractivity contribution in [1.29, 1.82) is 0 Å². The van der Waals surface area contributed by atoms with Crippen LogP contribution in [-0.2, 0) is 0 Å². The third kappa shape index (κ3) is 2.80. The van der Waals surface area contributed by atoms with Crippen LogP contribution in [0.1, 0.15) is 11.4 Å². The van der Waals surface area contributed by atoms with E-state index in [9.17, 15) is 0 Å². The number of aryl methyl sites for hydroxylation is 2. The zero-order valence-electron chi connectivity index (χ0n) is 14.9. The maximum absolute atomic E-state index is 6.23. The number of nitrogens with two attached hydrogens (primary N) is 1. The predicted octanol–water partition coefficient (Wildman–Crippen LogP) is 1.45. The van der Waals surface area contributed by atoms with E-state index in [4.69, 9.17) is 10.7 Å². The monoisotopic (exact) mass is 418 g/mol. The molecule has 0 bridgehead atoms. The summed E-state index contributed by atoms with van der Waals surface area (Å²) in [5, 5.41) is 8.48. The van der Waals surface area contributed by atoms with E-state index in [1.54, 1.807) is 0 Å². The van der Waals surface area contributed by atoms with Crippen molar-refractivity contribution in [2.75, 3.05) is 5.73 Å². The summed E-state index contributed by atoms with van der Waals surface area (Å²) in [5.74, 6) is 0. The second-order valence-electron chi connectivity index (χ2n) is 6.58. The molecule has 7 nitrogen and oxygen atoms in total. The zero-order chi connectivity index (χ0) is 18.5. The first kappa shape index (κ1) is 16.1. The Morgan fingerprint density at radius 1 is 1.11 bits per heavy atom. The number of anilines is 1. The number of benzene rings is 1. The van der Waals surface area contributed by atoms with E-state index in [-0.39, 0.29) is 15.8 Å². The Hall–Kier alpha value is -3.05. The van der Waals surface area contributed by atoms with Gasteiger partial charge in [0.05, 0.1) is 0 Å². The van der Waals surface area contributed by atoms with Crippen LogP contribution < -0.4 is 14.8 Å². The number of aromatic nitrogens is 6. The second kappa shape index (κ2) is 5.99. The summed E-state index contributed by atoms with van der Waals surface area (Å²) in [6.45, 7) is 4.00. The van der Waals surface area contributed by atoms with Crippen molar-refractivity contribution >= 4 is 47.1 Å². The first-order chi connectivity index (χ1) is 13.1. The van der Waals surface area contributed by atoms with Crippen molar-refractivity contribution in [3.8, 4) is 11.3 Å². The molecule has 0 aliphatic heterocycles. The van der Waals surface area contributed by atoms with Gasteiger partial charge < -0.3 is 0 Å². The molecule has 0 saturated heterocycles. The van der Waals surface area contributed by atoms with Crippen LogP contribution in [0.5, 0.6) is 0 Å². The van der Waals surface area contributed by atoms with Gasteiger partial charge in [-0.1, -0.05) is 0 Å². The van der Waals surface area contributed by atoms with Gasteiger partial charge in [0.15, 0.2) is 0 Å². The molecular formula is C19H17AsN7. The Bertz CT molecular complexity index is 1290. The molecule has 1 aromatic carbocycles. The van der Waals surface area contributed by atoms with Crippen LogP contribution in [0.3, 0.4) is 0 Å². The molecule has 0 atom stereocenters. The number of H-pyrrole nitrogens is 2. The average molecular weight is 418 g/mol. The first-order valence-corrected chi connectivity index (χ1v) is 10.4. The minimum absolute atomic E-state index is 0.377. The molecule has 5 aromatic rings. The Morgan fingerprint density at radius 3 is 2.81 bits per heavy atom. The molecule has 0 fully saturated rings. The molecule has 8 heteroatoms. The molecule has 0 aliphatic carbocycles. The van der Waals surface area contributed by atoms with Gasteiger partial charge in [0.1, 0.15) is 0 Å². The van der Waals surface area contributed by atoms with E-state index < -0.39 is 0 Å². The zero-order valence-corrected chi connectivity index (χ0v) is 16.7. The summed E-state index contributed by atoms with van der Waals surface area (Å²) in [6.07, 6.45) is 3.93. The molecule has 0 spiro atoms. The fourth-order valence-electron chi connectivity index (χ4n) is 3.23. The first-order valence-electron chi connectivity index (χ1n) is 8.54. The number of nitrogens with one attached hydrogen (secondary N) is 2. The molecular weight excluding hydrogens is 401 g/mol. The van der Waals surface area contributed by atoms with Gasteiger partial charge in [-0.05, 0) is 0 Å². The van der Waals surface area contributed by atoms with Crippen LogP contribution in [0.4, 0.5) is 5.69 Å². The number of hydrogen-bond donors (Lipinski definition) is 3. The van der Waals surface area contributed by atoms with Crippen LogP contribution in [0.15, 0.2) is 42.7 Å². The molecule has 4 aromatic heterocycles. The van der Waals surface area contributed by atoms with Crippen LogP contribution >= 0.6 is 0 Å². The average Bonchev–Trinajstić information content (AvgIpc) is 3.34. The molecule has 4 N–H and O–H groups in total. The summed E-state index contributed by atoms with van der Waals surface area (Å²) in [6, 6.07) is 10.2. The van der Waals surface area contributed by atoms with Crippen molar-refractivity contribution in [3.05, 3.63) is 54.1 Å². The SMILES string of the molecule is Cc1cn2c([As]c3cc(C)[nH]n3)nc(-c3cc(N)c4[nH]ccc4c3)cc2n1. The van der Waals surface area contributed by atoms with Crippen molar-refractivity contribution in [2.45, 2.75) is 13.8 Å². The number of hydrogen-bond acceptors (Lipinski definition) is 4. The molecule has 1 radical (unpaired) electrons. The van der Waals surface area contributed by atoms with Crippen molar-refractivity contribution in [2.24, 2.45) is 0 Å². The van der Waals surface area contributed by atoms with Crippen LogP contribution in [0.25, 0.3) is 27.8 Å². The van der Waals surface area contributed by atoms with Crippen LogP contribution in [0, 0.1) is 13.8 Å². The van der Waals surface area contributed by atoms with Gasteiger partial charge in [-0.3, -0.25) is 0 Å². The normalized spacial score (nSPS) is 12.1. The quantitative estimate of drug-likeness (QED) is 0.305. The third-order valence-corrected chi connectivity index (χ3v) is 6.49. The third-order valence-electron chi connectivity index (χ3n) is 4.45. The van der Waals surface area contributed by atoms with Crippen LogP contribution in [-0.4, -0.2) is 45.3 Å². The summed E-state index contributed by atoms with van der Waals surface area (Å²) in [7, 11) is 0. The number of aromatic amines is 2. The summed E-state index contributed by atoms with van der Waals surface area (Å²) >= 11 is -0.377.